The molecule has 4 heteroatoms. The number of aromatic carboxylic acids is 1. The first-order valence-electron chi connectivity index (χ1n) is 8.06. The van der Waals surface area contributed by atoms with Gasteiger partial charge in [-0.2, -0.15) is 0 Å². The van der Waals surface area contributed by atoms with Crippen molar-refractivity contribution in [1.29, 1.82) is 0 Å². The van der Waals surface area contributed by atoms with E-state index in [1.165, 1.54) is 18.4 Å². The molecule has 122 valence electrons. The van der Waals surface area contributed by atoms with E-state index in [2.05, 4.69) is 36.2 Å². The number of unbranched alkanes of at least 4 members (excludes halogenated alkanes) is 1. The quantitative estimate of drug-likeness (QED) is 0.644. The minimum Gasteiger partial charge on any atom is -0.478 e. The van der Waals surface area contributed by atoms with Gasteiger partial charge in [-0.25, -0.2) is 9.78 Å². The standard InChI is InChI=1S/C20H19NO2S/c1-2-3-4-14-5-7-15(8-6-14)18-13-24-19(21-18)16-9-11-17(12-10-16)20(22)23/h5-13H,2-4H2,1H3,(H,22,23). The van der Waals surface area contributed by atoms with E-state index >= 15 is 0 Å². The van der Waals surface area contributed by atoms with E-state index in [0.29, 0.717) is 0 Å². The van der Waals surface area contributed by atoms with Crippen LogP contribution in [0.2, 0.25) is 0 Å². The second-order valence-corrected chi connectivity index (χ2v) is 6.58. The lowest BCUT2D eigenvalue weighted by atomic mass is 10.1. The molecule has 0 amide bonds. The fourth-order valence-electron chi connectivity index (χ4n) is 2.52. The maximum atomic E-state index is 10.9. The van der Waals surface area contributed by atoms with Crippen molar-refractivity contribution >= 4 is 17.3 Å². The molecule has 0 atom stereocenters. The van der Waals surface area contributed by atoms with Crippen LogP contribution in [0.5, 0.6) is 0 Å². The van der Waals surface area contributed by atoms with Crippen molar-refractivity contribution in [2.45, 2.75) is 26.2 Å². The first-order valence-corrected chi connectivity index (χ1v) is 8.94. The number of thiazole rings is 1. The van der Waals surface area contributed by atoms with Crippen LogP contribution in [-0.2, 0) is 6.42 Å². The van der Waals surface area contributed by atoms with Crippen LogP contribution in [0.25, 0.3) is 21.8 Å². The Morgan fingerprint density at radius 1 is 1.04 bits per heavy atom. The summed E-state index contributed by atoms with van der Waals surface area (Å²) in [5.41, 5.74) is 4.66. The Balaban J connectivity index is 1.78. The topological polar surface area (TPSA) is 50.2 Å². The molecular formula is C20H19NO2S. The Morgan fingerprint density at radius 2 is 1.71 bits per heavy atom. The Hall–Kier alpha value is -2.46. The molecule has 3 aromatic rings. The molecule has 0 spiro atoms. The molecule has 1 heterocycles. The third kappa shape index (κ3) is 3.71. The number of carboxylic acids is 1. The van der Waals surface area contributed by atoms with Crippen molar-refractivity contribution in [1.82, 2.24) is 4.98 Å². The SMILES string of the molecule is CCCCc1ccc(-c2csc(-c3ccc(C(=O)O)cc3)n2)cc1. The van der Waals surface area contributed by atoms with Crippen molar-refractivity contribution in [2.75, 3.05) is 0 Å². The van der Waals surface area contributed by atoms with Gasteiger partial charge in [0.05, 0.1) is 11.3 Å². The van der Waals surface area contributed by atoms with Gasteiger partial charge in [0.1, 0.15) is 5.01 Å². The summed E-state index contributed by atoms with van der Waals surface area (Å²) in [4.78, 5) is 15.6. The van der Waals surface area contributed by atoms with Crippen molar-refractivity contribution in [3.05, 3.63) is 65.0 Å². The lowest BCUT2D eigenvalue weighted by molar-refractivity contribution is 0.0697. The van der Waals surface area contributed by atoms with Gasteiger partial charge in [-0.3, -0.25) is 0 Å². The largest absolute Gasteiger partial charge is 0.478 e. The number of aromatic nitrogens is 1. The van der Waals surface area contributed by atoms with Gasteiger partial charge in [0, 0.05) is 16.5 Å². The molecule has 0 fully saturated rings. The number of aryl methyl sites for hydroxylation is 1. The van der Waals surface area contributed by atoms with Gasteiger partial charge in [0.2, 0.25) is 0 Å². The van der Waals surface area contributed by atoms with Gasteiger partial charge in [-0.05, 0) is 30.5 Å². The normalized spacial score (nSPS) is 10.7. The summed E-state index contributed by atoms with van der Waals surface area (Å²) in [6, 6.07) is 15.4. The lowest BCUT2D eigenvalue weighted by Crippen LogP contribution is -1.94. The van der Waals surface area contributed by atoms with E-state index in [0.717, 1.165) is 28.2 Å². The van der Waals surface area contributed by atoms with Gasteiger partial charge in [-0.15, -0.1) is 11.3 Å². The summed E-state index contributed by atoms with van der Waals surface area (Å²) < 4.78 is 0. The molecule has 0 aliphatic rings. The Morgan fingerprint density at radius 3 is 2.33 bits per heavy atom. The van der Waals surface area contributed by atoms with Crippen LogP contribution >= 0.6 is 11.3 Å². The molecule has 3 rings (SSSR count). The number of carbonyl (C=O) groups is 1. The van der Waals surface area contributed by atoms with E-state index < -0.39 is 5.97 Å². The fourth-order valence-corrected chi connectivity index (χ4v) is 3.35. The number of benzene rings is 2. The summed E-state index contributed by atoms with van der Waals surface area (Å²) >= 11 is 1.57. The number of hydrogen-bond acceptors (Lipinski definition) is 3. The van der Waals surface area contributed by atoms with Crippen LogP contribution in [0.15, 0.2) is 53.9 Å². The average molecular weight is 337 g/mol. The van der Waals surface area contributed by atoms with Crippen LogP contribution in [0, 0.1) is 0 Å². The molecule has 2 aromatic carbocycles. The smallest absolute Gasteiger partial charge is 0.335 e. The van der Waals surface area contributed by atoms with E-state index in [1.807, 2.05) is 5.38 Å². The van der Waals surface area contributed by atoms with E-state index in [9.17, 15) is 4.79 Å². The predicted molar refractivity (Wildman–Crippen MR) is 98.6 cm³/mol. The molecule has 0 saturated carbocycles. The van der Waals surface area contributed by atoms with Crippen molar-refractivity contribution in [3.63, 3.8) is 0 Å². The minimum atomic E-state index is -0.912. The third-order valence-electron chi connectivity index (χ3n) is 3.95. The van der Waals surface area contributed by atoms with Crippen LogP contribution < -0.4 is 0 Å². The highest BCUT2D eigenvalue weighted by atomic mass is 32.1. The maximum absolute atomic E-state index is 10.9. The Labute approximate surface area is 145 Å². The molecule has 0 aliphatic carbocycles. The second-order valence-electron chi connectivity index (χ2n) is 5.72. The molecule has 0 unspecified atom stereocenters. The first kappa shape index (κ1) is 16.4. The monoisotopic (exact) mass is 337 g/mol. The molecule has 0 saturated heterocycles. The maximum Gasteiger partial charge on any atom is 0.335 e. The van der Waals surface area contributed by atoms with Crippen molar-refractivity contribution < 1.29 is 9.90 Å². The molecule has 24 heavy (non-hydrogen) atoms. The average Bonchev–Trinajstić information content (AvgIpc) is 3.10. The zero-order valence-electron chi connectivity index (χ0n) is 13.5. The highest BCUT2D eigenvalue weighted by molar-refractivity contribution is 7.13. The highest BCUT2D eigenvalue weighted by Gasteiger charge is 2.08. The summed E-state index contributed by atoms with van der Waals surface area (Å²) in [6.45, 7) is 2.20. The summed E-state index contributed by atoms with van der Waals surface area (Å²) in [7, 11) is 0. The fraction of sp³-hybridized carbons (Fsp3) is 0.200. The van der Waals surface area contributed by atoms with Gasteiger partial charge < -0.3 is 5.11 Å². The lowest BCUT2D eigenvalue weighted by Gasteiger charge is -2.02. The highest BCUT2D eigenvalue weighted by Crippen LogP contribution is 2.29. The molecule has 0 radical (unpaired) electrons. The van der Waals surface area contributed by atoms with Crippen LogP contribution in [0.4, 0.5) is 0 Å². The van der Waals surface area contributed by atoms with Crippen LogP contribution in [-0.4, -0.2) is 16.1 Å². The summed E-state index contributed by atoms with van der Waals surface area (Å²) in [6.07, 6.45) is 3.54. The number of carboxylic acid groups (broad SMARTS) is 1. The summed E-state index contributed by atoms with van der Waals surface area (Å²) in [5.74, 6) is -0.912. The predicted octanol–water partition coefficient (Wildman–Crippen LogP) is 5.52. The van der Waals surface area contributed by atoms with Crippen molar-refractivity contribution in [2.24, 2.45) is 0 Å². The van der Waals surface area contributed by atoms with E-state index in [1.54, 1.807) is 35.6 Å². The first-order chi connectivity index (χ1) is 11.7. The molecular weight excluding hydrogens is 318 g/mol. The number of rotatable bonds is 6. The van der Waals surface area contributed by atoms with Gasteiger partial charge in [-0.1, -0.05) is 49.7 Å². The van der Waals surface area contributed by atoms with Gasteiger partial charge >= 0.3 is 5.97 Å². The van der Waals surface area contributed by atoms with Gasteiger partial charge in [0.25, 0.3) is 0 Å². The summed E-state index contributed by atoms with van der Waals surface area (Å²) in [5, 5.41) is 11.9. The molecule has 0 aliphatic heterocycles. The molecule has 3 nitrogen and oxygen atoms in total. The van der Waals surface area contributed by atoms with Crippen LogP contribution in [0.3, 0.4) is 0 Å². The zero-order chi connectivity index (χ0) is 16.9. The molecule has 0 bridgehead atoms. The Bertz CT molecular complexity index is 820. The number of nitrogens with zero attached hydrogens (tertiary/aromatic N) is 1. The third-order valence-corrected chi connectivity index (χ3v) is 4.84. The van der Waals surface area contributed by atoms with Crippen molar-refractivity contribution in [3.8, 4) is 21.8 Å². The van der Waals surface area contributed by atoms with Gasteiger partial charge in [0.15, 0.2) is 0 Å². The van der Waals surface area contributed by atoms with E-state index in [-0.39, 0.29) is 5.56 Å². The minimum absolute atomic E-state index is 0.290. The Kier molecular flexibility index (Phi) is 5.06. The molecule has 1 N–H and O–H groups in total. The van der Waals surface area contributed by atoms with Crippen LogP contribution in [0.1, 0.15) is 35.7 Å². The second kappa shape index (κ2) is 7.41. The number of hydrogen-bond donors (Lipinski definition) is 1. The van der Waals surface area contributed by atoms with E-state index in [4.69, 9.17) is 5.11 Å². The molecule has 1 aromatic heterocycles. The zero-order valence-corrected chi connectivity index (χ0v) is 14.3.